The molecule has 4 heteroatoms. The van der Waals surface area contributed by atoms with Gasteiger partial charge in [0, 0.05) is 5.69 Å². The minimum absolute atomic E-state index is 0.0281. The molecule has 1 aromatic rings. The van der Waals surface area contributed by atoms with Crippen LogP contribution in [0.5, 0.6) is 5.75 Å². The number of nitrogens with zero attached hydrogens (tertiary/aromatic N) is 1. The van der Waals surface area contributed by atoms with Crippen LogP contribution in [-0.4, -0.2) is 30.8 Å². The van der Waals surface area contributed by atoms with Crippen LogP contribution in [0.2, 0.25) is 0 Å². The van der Waals surface area contributed by atoms with E-state index in [0.29, 0.717) is 6.42 Å². The molecule has 22 heavy (non-hydrogen) atoms. The summed E-state index contributed by atoms with van der Waals surface area (Å²) < 4.78 is 11.4. The second-order valence-electron chi connectivity index (χ2n) is 6.10. The van der Waals surface area contributed by atoms with Crippen LogP contribution in [0.25, 0.3) is 0 Å². The number of methoxy groups -OCH3 is 1. The zero-order chi connectivity index (χ0) is 15.3. The Kier molecular flexibility index (Phi) is 2.91. The van der Waals surface area contributed by atoms with Crippen molar-refractivity contribution in [3.05, 3.63) is 49.1 Å². The third-order valence-electron chi connectivity index (χ3n) is 5.05. The molecule has 0 N–H and O–H groups in total. The van der Waals surface area contributed by atoms with Crippen molar-refractivity contribution in [2.75, 3.05) is 12.0 Å². The third kappa shape index (κ3) is 1.64. The minimum Gasteiger partial charge on any atom is -0.497 e. The Morgan fingerprint density at radius 3 is 2.86 bits per heavy atom. The molecule has 4 atom stereocenters. The fourth-order valence-corrected chi connectivity index (χ4v) is 4.08. The Hall–Kier alpha value is -2.07. The van der Waals surface area contributed by atoms with Gasteiger partial charge in [-0.05, 0) is 37.1 Å². The fraction of sp³-hybridized carbons (Fsp3) is 0.389. The lowest BCUT2D eigenvalue weighted by Crippen LogP contribution is -2.44. The molecule has 2 bridgehead atoms. The summed E-state index contributed by atoms with van der Waals surface area (Å²) in [7, 11) is 1.64. The van der Waals surface area contributed by atoms with E-state index >= 15 is 0 Å². The third-order valence-corrected chi connectivity index (χ3v) is 5.05. The van der Waals surface area contributed by atoms with Crippen molar-refractivity contribution < 1.29 is 14.3 Å². The Labute approximate surface area is 130 Å². The van der Waals surface area contributed by atoms with Crippen molar-refractivity contribution in [3.63, 3.8) is 0 Å². The van der Waals surface area contributed by atoms with Gasteiger partial charge >= 0.3 is 0 Å². The van der Waals surface area contributed by atoms with E-state index in [0.717, 1.165) is 17.9 Å². The van der Waals surface area contributed by atoms with Gasteiger partial charge < -0.3 is 14.4 Å². The van der Waals surface area contributed by atoms with Crippen LogP contribution < -0.4 is 9.64 Å². The number of rotatable bonds is 4. The highest BCUT2D eigenvalue weighted by molar-refractivity contribution is 6.01. The van der Waals surface area contributed by atoms with Crippen molar-refractivity contribution in [2.45, 2.75) is 30.6 Å². The molecule has 2 saturated heterocycles. The zero-order valence-electron chi connectivity index (χ0n) is 12.6. The van der Waals surface area contributed by atoms with Gasteiger partial charge in [-0.3, -0.25) is 4.79 Å². The van der Waals surface area contributed by atoms with Gasteiger partial charge in [0.05, 0.1) is 25.2 Å². The van der Waals surface area contributed by atoms with E-state index in [4.69, 9.17) is 9.47 Å². The number of anilines is 1. The number of carbonyl (C=O) groups is 1. The molecule has 1 amide bonds. The summed E-state index contributed by atoms with van der Waals surface area (Å²) in [4.78, 5) is 14.8. The largest absolute Gasteiger partial charge is 0.497 e. The van der Waals surface area contributed by atoms with Crippen molar-refractivity contribution in [1.29, 1.82) is 0 Å². The van der Waals surface area contributed by atoms with Crippen LogP contribution in [0.3, 0.4) is 0 Å². The molecule has 3 heterocycles. The first-order valence-corrected chi connectivity index (χ1v) is 7.65. The number of ether oxygens (including phenoxy) is 2. The molecule has 4 nitrogen and oxygen atoms in total. The quantitative estimate of drug-likeness (QED) is 0.802. The Balaban J connectivity index is 1.76. The summed E-state index contributed by atoms with van der Waals surface area (Å²) in [5.41, 5.74) is 0.414. The average molecular weight is 297 g/mol. The SMILES string of the molecule is C=CC[C@@H]1N(c2ccc(OC)cc2)C(=O)[C@H]2CC3C=CC21O3. The van der Waals surface area contributed by atoms with E-state index in [1.165, 1.54) is 0 Å². The molecule has 4 rings (SSSR count). The second-order valence-corrected chi connectivity index (χ2v) is 6.10. The van der Waals surface area contributed by atoms with E-state index in [2.05, 4.69) is 18.7 Å². The highest BCUT2D eigenvalue weighted by atomic mass is 16.5. The second kappa shape index (κ2) is 4.71. The topological polar surface area (TPSA) is 38.8 Å². The first-order valence-electron chi connectivity index (χ1n) is 7.65. The summed E-state index contributed by atoms with van der Waals surface area (Å²) in [6, 6.07) is 7.60. The number of fused-ring (bicyclic) bond motifs is 1. The number of hydrogen-bond donors (Lipinski definition) is 0. The lowest BCUT2D eigenvalue weighted by atomic mass is 9.80. The first kappa shape index (κ1) is 13.6. The van der Waals surface area contributed by atoms with Gasteiger partial charge in [0.15, 0.2) is 0 Å². The molecular formula is C18H19NO3. The van der Waals surface area contributed by atoms with E-state index in [-0.39, 0.29) is 24.0 Å². The van der Waals surface area contributed by atoms with Gasteiger partial charge in [0.1, 0.15) is 11.4 Å². The molecule has 3 aliphatic rings. The maximum atomic E-state index is 13.0. The molecule has 2 unspecified atom stereocenters. The first-order chi connectivity index (χ1) is 10.7. The number of hydrogen-bond acceptors (Lipinski definition) is 3. The summed E-state index contributed by atoms with van der Waals surface area (Å²) in [5, 5.41) is 0. The number of benzene rings is 1. The van der Waals surface area contributed by atoms with Crippen LogP contribution in [0.4, 0.5) is 5.69 Å². The summed E-state index contributed by atoms with van der Waals surface area (Å²) >= 11 is 0. The average Bonchev–Trinajstić information content (AvgIpc) is 3.19. The van der Waals surface area contributed by atoms with Gasteiger partial charge in [0.2, 0.25) is 5.91 Å². The lowest BCUT2D eigenvalue weighted by Gasteiger charge is -2.32. The van der Waals surface area contributed by atoms with Crippen molar-refractivity contribution in [2.24, 2.45) is 5.92 Å². The predicted molar refractivity (Wildman–Crippen MR) is 83.9 cm³/mol. The zero-order valence-corrected chi connectivity index (χ0v) is 12.6. The van der Waals surface area contributed by atoms with E-state index in [1.807, 2.05) is 35.2 Å². The van der Waals surface area contributed by atoms with Crippen molar-refractivity contribution in [3.8, 4) is 5.75 Å². The van der Waals surface area contributed by atoms with Gasteiger partial charge in [-0.25, -0.2) is 0 Å². The summed E-state index contributed by atoms with van der Waals surface area (Å²) in [5.74, 6) is 0.865. The smallest absolute Gasteiger partial charge is 0.233 e. The lowest BCUT2D eigenvalue weighted by molar-refractivity contribution is -0.121. The molecule has 1 spiro atoms. The molecule has 0 aliphatic carbocycles. The predicted octanol–water partition coefficient (Wildman–Crippen LogP) is 2.70. The maximum Gasteiger partial charge on any atom is 0.233 e. The highest BCUT2D eigenvalue weighted by Crippen LogP contribution is 2.53. The van der Waals surface area contributed by atoms with Crippen molar-refractivity contribution in [1.82, 2.24) is 0 Å². The summed E-state index contributed by atoms with van der Waals surface area (Å²) in [6.07, 6.45) is 7.66. The van der Waals surface area contributed by atoms with Crippen LogP contribution in [-0.2, 0) is 9.53 Å². The molecular weight excluding hydrogens is 278 g/mol. The molecule has 0 aromatic heterocycles. The fourth-order valence-electron chi connectivity index (χ4n) is 4.08. The summed E-state index contributed by atoms with van der Waals surface area (Å²) in [6.45, 7) is 3.86. The Morgan fingerprint density at radius 2 is 2.23 bits per heavy atom. The Morgan fingerprint density at radius 1 is 1.45 bits per heavy atom. The monoisotopic (exact) mass is 297 g/mol. The minimum atomic E-state index is -0.476. The van der Waals surface area contributed by atoms with Gasteiger partial charge in [0.25, 0.3) is 0 Å². The van der Waals surface area contributed by atoms with E-state index in [9.17, 15) is 4.79 Å². The van der Waals surface area contributed by atoms with Gasteiger partial charge in [-0.2, -0.15) is 0 Å². The van der Waals surface area contributed by atoms with Crippen LogP contribution in [0.1, 0.15) is 12.8 Å². The van der Waals surface area contributed by atoms with Crippen LogP contribution in [0.15, 0.2) is 49.1 Å². The number of amides is 1. The van der Waals surface area contributed by atoms with Gasteiger partial charge in [-0.1, -0.05) is 18.2 Å². The normalized spacial score (nSPS) is 35.0. The standard InChI is InChI=1S/C18H19NO3/c1-3-4-16-18-10-9-14(22-18)11-15(18)17(20)19(16)12-5-7-13(21-2)8-6-12/h3,5-10,14-16H,1,4,11H2,2H3/t14?,15-,16+,18?/m1/s1. The molecule has 2 fully saturated rings. The van der Waals surface area contributed by atoms with Gasteiger partial charge in [-0.15, -0.1) is 6.58 Å². The molecule has 0 saturated carbocycles. The molecule has 114 valence electrons. The van der Waals surface area contributed by atoms with Crippen LogP contribution >= 0.6 is 0 Å². The van der Waals surface area contributed by atoms with Crippen molar-refractivity contribution >= 4 is 11.6 Å². The highest BCUT2D eigenvalue weighted by Gasteiger charge is 2.65. The van der Waals surface area contributed by atoms with Crippen LogP contribution in [0, 0.1) is 5.92 Å². The molecule has 1 aromatic carbocycles. The number of carbonyl (C=O) groups excluding carboxylic acids is 1. The molecule has 0 radical (unpaired) electrons. The van der Waals surface area contributed by atoms with E-state index in [1.54, 1.807) is 7.11 Å². The maximum absolute atomic E-state index is 13.0. The molecule has 3 aliphatic heterocycles. The van der Waals surface area contributed by atoms with E-state index < -0.39 is 5.60 Å². The Bertz CT molecular complexity index is 651.